The van der Waals surface area contributed by atoms with Gasteiger partial charge in [-0.05, 0) is 23.6 Å². The molecule has 2 N–H and O–H groups in total. The van der Waals surface area contributed by atoms with Gasteiger partial charge in [0.05, 0.1) is 6.10 Å². The average Bonchev–Trinajstić information content (AvgIpc) is 2.93. The van der Waals surface area contributed by atoms with Crippen molar-refractivity contribution in [2.75, 3.05) is 6.54 Å². The number of benzene rings is 1. The van der Waals surface area contributed by atoms with Crippen LogP contribution in [-0.4, -0.2) is 28.2 Å². The largest absolute Gasteiger partial charge is 0.391 e. The summed E-state index contributed by atoms with van der Waals surface area (Å²) in [5, 5.41) is 12.5. The van der Waals surface area contributed by atoms with Crippen molar-refractivity contribution < 1.29 is 9.90 Å². The van der Waals surface area contributed by atoms with E-state index < -0.39 is 6.10 Å². The van der Waals surface area contributed by atoms with Crippen LogP contribution in [0.15, 0.2) is 48.7 Å². The summed E-state index contributed by atoms with van der Waals surface area (Å²) in [5.74, 6) is -0.0305. The van der Waals surface area contributed by atoms with Crippen LogP contribution in [0.1, 0.15) is 29.9 Å². The highest BCUT2D eigenvalue weighted by atomic mass is 16.3. The zero-order chi connectivity index (χ0) is 15.2. The lowest BCUT2D eigenvalue weighted by Crippen LogP contribution is -2.35. The molecule has 1 unspecified atom stereocenters. The minimum Gasteiger partial charge on any atom is -0.391 e. The summed E-state index contributed by atoms with van der Waals surface area (Å²) in [6.45, 7) is 4.78. The molecule has 1 aromatic carbocycles. The Bertz CT molecular complexity index is 575. The molecule has 1 heterocycles. The molecule has 4 nitrogen and oxygen atoms in total. The number of hydrogen-bond acceptors (Lipinski definition) is 2. The van der Waals surface area contributed by atoms with Crippen LogP contribution in [0.5, 0.6) is 0 Å². The van der Waals surface area contributed by atoms with Crippen molar-refractivity contribution in [3.63, 3.8) is 0 Å². The molecule has 0 fully saturated rings. The summed E-state index contributed by atoms with van der Waals surface area (Å²) < 4.78 is 1.91. The van der Waals surface area contributed by atoms with E-state index >= 15 is 0 Å². The van der Waals surface area contributed by atoms with Gasteiger partial charge in [-0.1, -0.05) is 44.2 Å². The SMILES string of the molecule is CC(C)C(O)CNC(=O)c1cccn1Cc1ccccc1. The number of amides is 1. The molecule has 0 aliphatic rings. The molecular weight excluding hydrogens is 264 g/mol. The average molecular weight is 286 g/mol. The van der Waals surface area contributed by atoms with E-state index in [1.54, 1.807) is 6.07 Å². The predicted octanol–water partition coefficient (Wildman–Crippen LogP) is 2.28. The Morgan fingerprint density at radius 1 is 1.19 bits per heavy atom. The second-order valence-corrected chi connectivity index (χ2v) is 5.53. The minimum atomic E-state index is -0.522. The molecule has 112 valence electrons. The second kappa shape index (κ2) is 7.09. The van der Waals surface area contributed by atoms with E-state index in [2.05, 4.69) is 5.32 Å². The molecule has 0 saturated carbocycles. The van der Waals surface area contributed by atoms with Crippen LogP contribution >= 0.6 is 0 Å². The summed E-state index contributed by atoms with van der Waals surface area (Å²) in [7, 11) is 0. The highest BCUT2D eigenvalue weighted by Crippen LogP contribution is 2.08. The fourth-order valence-corrected chi connectivity index (χ4v) is 2.06. The predicted molar refractivity (Wildman–Crippen MR) is 83.2 cm³/mol. The molecule has 1 amide bonds. The number of nitrogens with one attached hydrogen (secondary N) is 1. The molecule has 0 spiro atoms. The molecule has 1 aromatic heterocycles. The maximum Gasteiger partial charge on any atom is 0.268 e. The van der Waals surface area contributed by atoms with Gasteiger partial charge >= 0.3 is 0 Å². The number of nitrogens with zero attached hydrogens (tertiary/aromatic N) is 1. The van der Waals surface area contributed by atoms with E-state index in [1.165, 1.54) is 0 Å². The number of aliphatic hydroxyl groups excluding tert-OH is 1. The quantitative estimate of drug-likeness (QED) is 0.856. The topological polar surface area (TPSA) is 54.3 Å². The van der Waals surface area contributed by atoms with Crippen LogP contribution in [0.2, 0.25) is 0 Å². The van der Waals surface area contributed by atoms with Gasteiger partial charge in [0.2, 0.25) is 0 Å². The summed E-state index contributed by atoms with van der Waals surface area (Å²) in [4.78, 5) is 12.2. The van der Waals surface area contributed by atoms with Gasteiger partial charge in [0, 0.05) is 19.3 Å². The molecular formula is C17H22N2O2. The van der Waals surface area contributed by atoms with Crippen molar-refractivity contribution in [1.82, 2.24) is 9.88 Å². The van der Waals surface area contributed by atoms with Gasteiger partial charge in [-0.15, -0.1) is 0 Å². The normalized spacial score (nSPS) is 12.4. The Balaban J connectivity index is 2.01. The van der Waals surface area contributed by atoms with Crippen LogP contribution in [0, 0.1) is 5.92 Å². The lowest BCUT2D eigenvalue weighted by Gasteiger charge is -2.15. The summed E-state index contributed by atoms with van der Waals surface area (Å²) in [5.41, 5.74) is 1.75. The molecule has 0 bridgehead atoms. The van der Waals surface area contributed by atoms with Crippen LogP contribution in [-0.2, 0) is 6.54 Å². The number of hydrogen-bond donors (Lipinski definition) is 2. The fourth-order valence-electron chi connectivity index (χ4n) is 2.06. The fraction of sp³-hybridized carbons (Fsp3) is 0.353. The number of carbonyl (C=O) groups excluding carboxylic acids is 1. The molecule has 0 radical (unpaired) electrons. The third-order valence-electron chi connectivity index (χ3n) is 3.50. The molecule has 2 aromatic rings. The van der Waals surface area contributed by atoms with E-state index in [4.69, 9.17) is 0 Å². The molecule has 0 aliphatic carbocycles. The van der Waals surface area contributed by atoms with E-state index in [0.29, 0.717) is 12.2 Å². The highest BCUT2D eigenvalue weighted by Gasteiger charge is 2.14. The molecule has 4 heteroatoms. The maximum atomic E-state index is 12.2. The summed E-state index contributed by atoms with van der Waals surface area (Å²) in [6, 6.07) is 13.7. The lowest BCUT2D eigenvalue weighted by atomic mass is 10.1. The van der Waals surface area contributed by atoms with E-state index in [-0.39, 0.29) is 18.4 Å². The first-order chi connectivity index (χ1) is 10.1. The van der Waals surface area contributed by atoms with Gasteiger partial charge in [0.1, 0.15) is 5.69 Å². The van der Waals surface area contributed by atoms with Crippen LogP contribution in [0.3, 0.4) is 0 Å². The third kappa shape index (κ3) is 4.20. The van der Waals surface area contributed by atoms with Crippen LogP contribution in [0.25, 0.3) is 0 Å². The van der Waals surface area contributed by atoms with Crippen molar-refractivity contribution in [2.45, 2.75) is 26.5 Å². The minimum absolute atomic E-state index is 0.126. The molecule has 2 rings (SSSR count). The summed E-state index contributed by atoms with van der Waals surface area (Å²) >= 11 is 0. The van der Waals surface area contributed by atoms with Gasteiger partial charge in [0.25, 0.3) is 5.91 Å². The first-order valence-electron chi connectivity index (χ1n) is 7.23. The van der Waals surface area contributed by atoms with E-state index in [9.17, 15) is 9.90 Å². The highest BCUT2D eigenvalue weighted by molar-refractivity contribution is 5.92. The maximum absolute atomic E-state index is 12.2. The van der Waals surface area contributed by atoms with E-state index in [0.717, 1.165) is 5.56 Å². The van der Waals surface area contributed by atoms with Crippen molar-refractivity contribution in [3.8, 4) is 0 Å². The molecule has 1 atom stereocenters. The van der Waals surface area contributed by atoms with Gasteiger partial charge in [-0.2, -0.15) is 0 Å². The van der Waals surface area contributed by atoms with Crippen molar-refractivity contribution in [2.24, 2.45) is 5.92 Å². The number of aromatic nitrogens is 1. The van der Waals surface area contributed by atoms with Crippen LogP contribution in [0.4, 0.5) is 0 Å². The molecule has 0 aliphatic heterocycles. The van der Waals surface area contributed by atoms with Gasteiger partial charge in [0.15, 0.2) is 0 Å². The number of aliphatic hydroxyl groups is 1. The Hall–Kier alpha value is -2.07. The molecule has 0 saturated heterocycles. The first-order valence-corrected chi connectivity index (χ1v) is 7.23. The smallest absolute Gasteiger partial charge is 0.268 e. The van der Waals surface area contributed by atoms with Crippen molar-refractivity contribution in [3.05, 3.63) is 59.9 Å². The number of carbonyl (C=O) groups is 1. The Morgan fingerprint density at radius 3 is 2.57 bits per heavy atom. The lowest BCUT2D eigenvalue weighted by molar-refractivity contribution is 0.0863. The van der Waals surface area contributed by atoms with E-state index in [1.807, 2.05) is 61.0 Å². The first kappa shape index (κ1) is 15.3. The monoisotopic (exact) mass is 286 g/mol. The van der Waals surface area contributed by atoms with Gasteiger partial charge in [-0.25, -0.2) is 0 Å². The number of rotatable bonds is 6. The van der Waals surface area contributed by atoms with Crippen molar-refractivity contribution in [1.29, 1.82) is 0 Å². The van der Waals surface area contributed by atoms with Gasteiger partial charge < -0.3 is 15.0 Å². The van der Waals surface area contributed by atoms with Crippen LogP contribution < -0.4 is 5.32 Å². The molecule has 21 heavy (non-hydrogen) atoms. The second-order valence-electron chi connectivity index (χ2n) is 5.53. The van der Waals surface area contributed by atoms with Gasteiger partial charge in [-0.3, -0.25) is 4.79 Å². The zero-order valence-corrected chi connectivity index (χ0v) is 12.5. The zero-order valence-electron chi connectivity index (χ0n) is 12.5. The third-order valence-corrected chi connectivity index (χ3v) is 3.50. The summed E-state index contributed by atoms with van der Waals surface area (Å²) in [6.07, 6.45) is 1.37. The Morgan fingerprint density at radius 2 is 1.90 bits per heavy atom. The Kier molecular flexibility index (Phi) is 5.17. The standard InChI is InChI=1S/C17H22N2O2/c1-13(2)16(20)11-18-17(21)15-9-6-10-19(15)12-14-7-4-3-5-8-14/h3-10,13,16,20H,11-12H2,1-2H3,(H,18,21). The Labute approximate surface area is 125 Å². The van der Waals surface area contributed by atoms with Crippen molar-refractivity contribution >= 4 is 5.91 Å².